The fraction of sp³-hybridized carbons (Fsp3) is 0.261. The van der Waals surface area contributed by atoms with Crippen molar-refractivity contribution in [3.05, 3.63) is 87.8 Å². The molecule has 1 N–H and O–H groups in total. The van der Waals surface area contributed by atoms with E-state index < -0.39 is 11.3 Å². The summed E-state index contributed by atoms with van der Waals surface area (Å²) in [6.45, 7) is 2.12. The number of carbonyl (C=O) groups is 1. The smallest absolute Gasteiger partial charge is 0.275 e. The third kappa shape index (κ3) is 4.75. The Morgan fingerprint density at radius 1 is 1.13 bits per heavy atom. The SMILES string of the molecule is COc1ccc(C(CNC(=O)c2nn(-c3ccccc3)c(C)cc2=O)N(C)C)cc1. The molecule has 0 aliphatic rings. The second-order valence-electron chi connectivity index (χ2n) is 7.21. The maximum absolute atomic E-state index is 12.8. The number of hydrogen-bond donors (Lipinski definition) is 1. The average Bonchev–Trinajstić information content (AvgIpc) is 2.74. The number of hydrogen-bond acceptors (Lipinski definition) is 5. The molecule has 0 bridgehead atoms. The Hall–Kier alpha value is -3.45. The molecule has 0 spiro atoms. The van der Waals surface area contributed by atoms with Crippen LogP contribution in [-0.2, 0) is 0 Å². The molecule has 0 radical (unpaired) electrons. The summed E-state index contributed by atoms with van der Waals surface area (Å²) in [5.74, 6) is 0.274. The van der Waals surface area contributed by atoms with E-state index in [-0.39, 0.29) is 11.7 Å². The second-order valence-corrected chi connectivity index (χ2v) is 7.21. The Kier molecular flexibility index (Phi) is 6.64. The van der Waals surface area contributed by atoms with Crippen LogP contribution in [0.5, 0.6) is 5.75 Å². The van der Waals surface area contributed by atoms with Crippen LogP contribution in [0.2, 0.25) is 0 Å². The molecule has 0 aliphatic carbocycles. The molecule has 1 heterocycles. The van der Waals surface area contributed by atoms with E-state index in [4.69, 9.17) is 4.74 Å². The molecular weight excluding hydrogens is 380 g/mol. The highest BCUT2D eigenvalue weighted by Gasteiger charge is 2.19. The van der Waals surface area contributed by atoms with Gasteiger partial charge in [0.15, 0.2) is 5.69 Å². The van der Waals surface area contributed by atoms with Crippen molar-refractivity contribution in [1.82, 2.24) is 20.0 Å². The van der Waals surface area contributed by atoms with E-state index in [1.165, 1.54) is 6.07 Å². The van der Waals surface area contributed by atoms with Crippen molar-refractivity contribution in [3.63, 3.8) is 0 Å². The molecular formula is C23H26N4O3. The predicted octanol–water partition coefficient (Wildman–Crippen LogP) is 2.58. The van der Waals surface area contributed by atoms with Crippen LogP contribution in [0, 0.1) is 6.92 Å². The summed E-state index contributed by atoms with van der Waals surface area (Å²) in [6.07, 6.45) is 0. The van der Waals surface area contributed by atoms with E-state index >= 15 is 0 Å². The molecule has 1 atom stereocenters. The number of aromatic nitrogens is 2. The normalized spacial score (nSPS) is 11.9. The number of ether oxygens (including phenoxy) is 1. The zero-order valence-corrected chi connectivity index (χ0v) is 17.6. The molecule has 0 saturated heterocycles. The number of nitrogens with one attached hydrogen (secondary N) is 1. The van der Waals surface area contributed by atoms with Gasteiger partial charge in [0.2, 0.25) is 5.43 Å². The van der Waals surface area contributed by atoms with Crippen molar-refractivity contribution in [2.45, 2.75) is 13.0 Å². The van der Waals surface area contributed by atoms with Crippen molar-refractivity contribution in [2.24, 2.45) is 0 Å². The van der Waals surface area contributed by atoms with Gasteiger partial charge in [0.25, 0.3) is 5.91 Å². The molecule has 1 unspecified atom stereocenters. The number of rotatable bonds is 7. The quantitative estimate of drug-likeness (QED) is 0.653. The monoisotopic (exact) mass is 406 g/mol. The molecule has 1 aromatic heterocycles. The van der Waals surface area contributed by atoms with E-state index in [9.17, 15) is 9.59 Å². The minimum absolute atomic E-state index is 0.0679. The van der Waals surface area contributed by atoms with Crippen LogP contribution >= 0.6 is 0 Å². The van der Waals surface area contributed by atoms with Gasteiger partial charge in [0.05, 0.1) is 18.8 Å². The van der Waals surface area contributed by atoms with Crippen LogP contribution in [-0.4, -0.2) is 48.3 Å². The Morgan fingerprint density at radius 2 is 1.80 bits per heavy atom. The fourth-order valence-electron chi connectivity index (χ4n) is 3.23. The van der Waals surface area contributed by atoms with Crippen molar-refractivity contribution in [2.75, 3.05) is 27.7 Å². The first-order valence-corrected chi connectivity index (χ1v) is 9.65. The molecule has 7 heteroatoms. The van der Waals surface area contributed by atoms with Gasteiger partial charge in [-0.1, -0.05) is 30.3 Å². The highest BCUT2D eigenvalue weighted by Crippen LogP contribution is 2.20. The zero-order chi connectivity index (χ0) is 21.7. The lowest BCUT2D eigenvalue weighted by atomic mass is 10.1. The molecule has 0 saturated carbocycles. The summed E-state index contributed by atoms with van der Waals surface area (Å²) in [4.78, 5) is 27.2. The summed E-state index contributed by atoms with van der Waals surface area (Å²) in [6, 6.07) is 18.5. The van der Waals surface area contributed by atoms with E-state index in [2.05, 4.69) is 10.4 Å². The molecule has 7 nitrogen and oxygen atoms in total. The van der Waals surface area contributed by atoms with Gasteiger partial charge in [0.1, 0.15) is 5.75 Å². The lowest BCUT2D eigenvalue weighted by Crippen LogP contribution is -2.37. The highest BCUT2D eigenvalue weighted by molar-refractivity contribution is 5.92. The minimum atomic E-state index is -0.495. The first kappa shape index (κ1) is 21.3. The summed E-state index contributed by atoms with van der Waals surface area (Å²) in [5.41, 5.74) is 1.94. The third-order valence-electron chi connectivity index (χ3n) is 4.90. The van der Waals surface area contributed by atoms with Gasteiger partial charge in [-0.15, -0.1) is 0 Å². The number of carbonyl (C=O) groups excluding carboxylic acids is 1. The van der Waals surface area contributed by atoms with Crippen molar-refractivity contribution < 1.29 is 9.53 Å². The Labute approximate surface area is 175 Å². The van der Waals surface area contributed by atoms with Gasteiger partial charge < -0.3 is 15.0 Å². The van der Waals surface area contributed by atoms with Crippen molar-refractivity contribution in [1.29, 1.82) is 0 Å². The van der Waals surface area contributed by atoms with Crippen molar-refractivity contribution in [3.8, 4) is 11.4 Å². The number of benzene rings is 2. The Balaban J connectivity index is 1.81. The van der Waals surface area contributed by atoms with Crippen LogP contribution in [0.1, 0.15) is 27.8 Å². The molecule has 3 aromatic rings. The molecule has 156 valence electrons. The maximum atomic E-state index is 12.8. The molecule has 3 rings (SSSR count). The number of nitrogens with zero attached hydrogens (tertiary/aromatic N) is 3. The second kappa shape index (κ2) is 9.37. The summed E-state index contributed by atoms with van der Waals surface area (Å²) >= 11 is 0. The first-order valence-electron chi connectivity index (χ1n) is 9.65. The van der Waals surface area contributed by atoms with E-state index in [1.807, 2.05) is 73.6 Å². The highest BCUT2D eigenvalue weighted by atomic mass is 16.5. The number of amides is 1. The lowest BCUT2D eigenvalue weighted by molar-refractivity contribution is 0.0934. The molecule has 30 heavy (non-hydrogen) atoms. The van der Waals surface area contributed by atoms with E-state index in [0.717, 1.165) is 17.0 Å². The van der Waals surface area contributed by atoms with Gasteiger partial charge >= 0.3 is 0 Å². The Bertz CT molecular complexity index is 1060. The number of likely N-dealkylation sites (N-methyl/N-ethyl adjacent to an activating group) is 1. The van der Waals surface area contributed by atoms with E-state index in [0.29, 0.717) is 12.2 Å². The van der Waals surface area contributed by atoms with Gasteiger partial charge in [-0.05, 0) is 50.8 Å². The molecule has 1 amide bonds. The molecule has 2 aromatic carbocycles. The van der Waals surface area contributed by atoms with Crippen LogP contribution in [0.25, 0.3) is 5.69 Å². The fourth-order valence-corrected chi connectivity index (χ4v) is 3.23. The van der Waals surface area contributed by atoms with Gasteiger partial charge in [-0.2, -0.15) is 5.10 Å². The molecule has 0 aliphatic heterocycles. The van der Waals surface area contributed by atoms with Crippen LogP contribution in [0.4, 0.5) is 0 Å². The van der Waals surface area contributed by atoms with E-state index in [1.54, 1.807) is 18.7 Å². The number of aryl methyl sites for hydroxylation is 1. The van der Waals surface area contributed by atoms with Crippen LogP contribution in [0.15, 0.2) is 65.5 Å². The largest absolute Gasteiger partial charge is 0.497 e. The number of methoxy groups -OCH3 is 1. The van der Waals surface area contributed by atoms with Gasteiger partial charge in [-0.25, -0.2) is 4.68 Å². The topological polar surface area (TPSA) is 76.5 Å². The average molecular weight is 406 g/mol. The summed E-state index contributed by atoms with van der Waals surface area (Å²) < 4.78 is 6.81. The van der Waals surface area contributed by atoms with Gasteiger partial charge in [0, 0.05) is 18.3 Å². The first-order chi connectivity index (χ1) is 14.4. The standard InChI is InChI=1S/C23H26N4O3/c1-16-14-21(28)22(25-27(16)18-8-6-5-7-9-18)23(29)24-15-20(26(2)3)17-10-12-19(30-4)13-11-17/h5-14,20H,15H2,1-4H3,(H,24,29). The summed E-state index contributed by atoms with van der Waals surface area (Å²) in [7, 11) is 5.50. The lowest BCUT2D eigenvalue weighted by Gasteiger charge is -2.25. The predicted molar refractivity (Wildman–Crippen MR) is 116 cm³/mol. The summed E-state index contributed by atoms with van der Waals surface area (Å²) in [5, 5.41) is 7.18. The molecule has 0 fully saturated rings. The van der Waals surface area contributed by atoms with Gasteiger partial charge in [-0.3, -0.25) is 9.59 Å². The van der Waals surface area contributed by atoms with Crippen LogP contribution < -0.4 is 15.5 Å². The maximum Gasteiger partial charge on any atom is 0.275 e. The Morgan fingerprint density at radius 3 is 2.40 bits per heavy atom. The number of para-hydroxylation sites is 1. The zero-order valence-electron chi connectivity index (χ0n) is 17.6. The van der Waals surface area contributed by atoms with Crippen LogP contribution in [0.3, 0.4) is 0 Å². The minimum Gasteiger partial charge on any atom is -0.497 e. The third-order valence-corrected chi connectivity index (χ3v) is 4.90. The van der Waals surface area contributed by atoms with Crippen molar-refractivity contribution >= 4 is 5.91 Å².